The molecule has 14 nitrogen and oxygen atoms in total. The SMILES string of the molecule is C#CCOCCOCCOCCOCCNC(=O)C1CN(c2cc(Cl)nc3c2cnn3[C@@H]2O[C@H](CO)[C@@H](O)[C@H]2O)C1. The van der Waals surface area contributed by atoms with Crippen LogP contribution in [-0.4, -0.2) is 133 Å². The number of aliphatic hydroxyl groups is 3. The Balaban J connectivity index is 1.14. The molecule has 4 heterocycles. The maximum absolute atomic E-state index is 12.6. The van der Waals surface area contributed by atoms with Gasteiger partial charge in [0.15, 0.2) is 11.9 Å². The molecule has 0 aliphatic carbocycles. The van der Waals surface area contributed by atoms with Gasteiger partial charge in [0.05, 0.1) is 76.0 Å². The fourth-order valence-electron chi connectivity index (χ4n) is 4.52. The number of carbonyl (C=O) groups excluding carboxylic acids is 1. The number of halogens is 1. The van der Waals surface area contributed by atoms with Gasteiger partial charge in [-0.25, -0.2) is 9.67 Å². The number of nitrogens with one attached hydrogen (secondary N) is 1. The van der Waals surface area contributed by atoms with Gasteiger partial charge in [-0.1, -0.05) is 17.5 Å². The predicted octanol–water partition coefficient (Wildman–Crippen LogP) is -1.05. The topological polar surface area (TPSA) is 170 Å². The van der Waals surface area contributed by atoms with E-state index >= 15 is 0 Å². The van der Waals surface area contributed by atoms with Gasteiger partial charge in [0.1, 0.15) is 30.1 Å². The molecule has 0 bridgehead atoms. The zero-order chi connectivity index (χ0) is 29.2. The van der Waals surface area contributed by atoms with Crippen molar-refractivity contribution in [2.24, 2.45) is 5.92 Å². The normalized spacial score (nSPS) is 22.7. The molecule has 2 aromatic rings. The molecule has 2 aromatic heterocycles. The average Bonchev–Trinajstić information content (AvgIpc) is 3.47. The van der Waals surface area contributed by atoms with Gasteiger partial charge in [0, 0.05) is 19.6 Å². The van der Waals surface area contributed by atoms with Crippen molar-refractivity contribution in [3.8, 4) is 12.3 Å². The number of anilines is 1. The van der Waals surface area contributed by atoms with Crippen molar-refractivity contribution in [1.29, 1.82) is 0 Å². The van der Waals surface area contributed by atoms with Crippen LogP contribution in [0, 0.1) is 18.3 Å². The van der Waals surface area contributed by atoms with Crippen molar-refractivity contribution in [2.45, 2.75) is 24.5 Å². The number of aliphatic hydroxyl groups excluding tert-OH is 3. The van der Waals surface area contributed by atoms with Crippen LogP contribution in [0.5, 0.6) is 0 Å². The van der Waals surface area contributed by atoms with Crippen LogP contribution in [0.25, 0.3) is 11.0 Å². The van der Waals surface area contributed by atoms with Gasteiger partial charge in [-0.2, -0.15) is 5.10 Å². The molecule has 0 radical (unpaired) electrons. The first-order valence-electron chi connectivity index (χ1n) is 13.4. The third-order valence-corrected chi connectivity index (χ3v) is 6.91. The molecule has 15 heteroatoms. The number of terminal acetylenes is 1. The predicted molar refractivity (Wildman–Crippen MR) is 146 cm³/mol. The van der Waals surface area contributed by atoms with Gasteiger partial charge in [0.2, 0.25) is 5.91 Å². The average molecular weight is 598 g/mol. The Morgan fingerprint density at radius 2 is 1.76 bits per heavy atom. The van der Waals surface area contributed by atoms with Crippen LogP contribution in [0.4, 0.5) is 5.69 Å². The number of aromatic nitrogens is 3. The van der Waals surface area contributed by atoms with Crippen molar-refractivity contribution in [3.63, 3.8) is 0 Å². The summed E-state index contributed by atoms with van der Waals surface area (Å²) in [5.74, 6) is 2.11. The summed E-state index contributed by atoms with van der Waals surface area (Å²) in [5.41, 5.74) is 1.10. The summed E-state index contributed by atoms with van der Waals surface area (Å²) in [5, 5.41) is 37.9. The summed E-state index contributed by atoms with van der Waals surface area (Å²) in [7, 11) is 0. The zero-order valence-electron chi connectivity index (χ0n) is 22.6. The second kappa shape index (κ2) is 15.6. The molecule has 0 unspecified atom stereocenters. The van der Waals surface area contributed by atoms with Crippen LogP contribution in [0.2, 0.25) is 5.15 Å². The highest BCUT2D eigenvalue weighted by Crippen LogP contribution is 2.36. The maximum atomic E-state index is 12.6. The van der Waals surface area contributed by atoms with Crippen molar-refractivity contribution in [2.75, 3.05) is 84.0 Å². The first-order chi connectivity index (χ1) is 19.9. The highest BCUT2D eigenvalue weighted by molar-refractivity contribution is 6.30. The zero-order valence-corrected chi connectivity index (χ0v) is 23.3. The van der Waals surface area contributed by atoms with Gasteiger partial charge in [-0.05, 0) is 6.07 Å². The van der Waals surface area contributed by atoms with Crippen LogP contribution in [0.1, 0.15) is 6.23 Å². The number of amides is 1. The Morgan fingerprint density at radius 3 is 2.39 bits per heavy atom. The molecule has 226 valence electrons. The van der Waals surface area contributed by atoms with Gasteiger partial charge in [0.25, 0.3) is 0 Å². The third-order valence-electron chi connectivity index (χ3n) is 6.71. The quantitative estimate of drug-likeness (QED) is 0.0992. The van der Waals surface area contributed by atoms with E-state index in [1.165, 1.54) is 4.68 Å². The molecule has 41 heavy (non-hydrogen) atoms. The number of hydrogen-bond donors (Lipinski definition) is 4. The van der Waals surface area contributed by atoms with Crippen LogP contribution >= 0.6 is 11.6 Å². The van der Waals surface area contributed by atoms with E-state index in [1.807, 2.05) is 4.90 Å². The van der Waals surface area contributed by atoms with E-state index in [0.29, 0.717) is 76.9 Å². The number of hydrogen-bond acceptors (Lipinski definition) is 12. The van der Waals surface area contributed by atoms with Crippen LogP contribution in [0.15, 0.2) is 12.3 Å². The van der Waals surface area contributed by atoms with Gasteiger partial charge < -0.3 is 49.2 Å². The first-order valence-corrected chi connectivity index (χ1v) is 13.8. The fourth-order valence-corrected chi connectivity index (χ4v) is 4.71. The number of ether oxygens (including phenoxy) is 5. The number of carbonyl (C=O) groups is 1. The van der Waals surface area contributed by atoms with E-state index in [1.54, 1.807) is 12.3 Å². The number of nitrogens with zero attached hydrogens (tertiary/aromatic N) is 4. The van der Waals surface area contributed by atoms with Crippen molar-refractivity contribution in [1.82, 2.24) is 20.1 Å². The minimum Gasteiger partial charge on any atom is -0.394 e. The standard InChI is InChI=1S/C26H36ClN5O9/c1-2-4-37-6-8-39-10-11-40-9-7-38-5-3-28-25(36)17-14-31(15-17)19-12-21(27)30-24-18(19)13-29-32(24)26-23(35)22(34)20(16-33)41-26/h1,12-13,17,20,22-23,26,33-35H,3-11,14-16H2,(H,28,36)/t20-,22-,23-,26-/m1/s1. The second-order valence-corrected chi connectivity index (χ2v) is 9.89. The van der Waals surface area contributed by atoms with E-state index in [4.69, 9.17) is 41.7 Å². The van der Waals surface area contributed by atoms with Gasteiger partial charge >= 0.3 is 0 Å². The molecule has 2 fully saturated rings. The molecule has 2 saturated heterocycles. The number of fused-ring (bicyclic) bond motifs is 1. The Bertz CT molecular complexity index is 1170. The van der Waals surface area contributed by atoms with Crippen molar-refractivity contribution in [3.05, 3.63) is 17.4 Å². The number of rotatable bonds is 17. The lowest BCUT2D eigenvalue weighted by atomic mass is 9.98. The van der Waals surface area contributed by atoms with E-state index in [0.717, 1.165) is 5.69 Å². The second-order valence-electron chi connectivity index (χ2n) is 9.51. The van der Waals surface area contributed by atoms with E-state index in [-0.39, 0.29) is 23.6 Å². The summed E-state index contributed by atoms with van der Waals surface area (Å²) >= 11 is 6.29. The molecular weight excluding hydrogens is 562 g/mol. The number of pyridine rings is 1. The molecule has 0 aromatic carbocycles. The summed E-state index contributed by atoms with van der Waals surface area (Å²) < 4.78 is 28.3. The van der Waals surface area contributed by atoms with E-state index in [2.05, 4.69) is 21.3 Å². The fraction of sp³-hybridized carbons (Fsp3) is 0.654. The lowest BCUT2D eigenvalue weighted by molar-refractivity contribution is -0.126. The summed E-state index contributed by atoms with van der Waals surface area (Å²) in [6.07, 6.45) is 2.11. The van der Waals surface area contributed by atoms with Gasteiger partial charge in [-0.3, -0.25) is 4.79 Å². The summed E-state index contributed by atoms with van der Waals surface area (Å²) in [6, 6.07) is 1.69. The Morgan fingerprint density at radius 1 is 1.10 bits per heavy atom. The highest BCUT2D eigenvalue weighted by atomic mass is 35.5. The monoisotopic (exact) mass is 597 g/mol. The molecule has 1 amide bonds. The lowest BCUT2D eigenvalue weighted by Crippen LogP contribution is -2.54. The molecule has 2 aliphatic heterocycles. The highest BCUT2D eigenvalue weighted by Gasteiger charge is 2.44. The maximum Gasteiger partial charge on any atom is 0.226 e. The van der Waals surface area contributed by atoms with E-state index in [9.17, 15) is 20.1 Å². The molecule has 2 aliphatic rings. The summed E-state index contributed by atoms with van der Waals surface area (Å²) in [4.78, 5) is 18.9. The Labute approximate surface area is 242 Å². The first kappa shape index (κ1) is 31.4. The minimum atomic E-state index is -1.30. The summed E-state index contributed by atoms with van der Waals surface area (Å²) in [6.45, 7) is 4.20. The molecular formula is C26H36ClN5O9. The van der Waals surface area contributed by atoms with Crippen LogP contribution in [-0.2, 0) is 28.5 Å². The molecule has 4 N–H and O–H groups in total. The van der Waals surface area contributed by atoms with E-state index < -0.39 is 31.1 Å². The van der Waals surface area contributed by atoms with Crippen molar-refractivity contribution >= 4 is 34.2 Å². The Hall–Kier alpha value is -2.58. The molecule has 0 spiro atoms. The lowest BCUT2D eigenvalue weighted by Gasteiger charge is -2.40. The van der Waals surface area contributed by atoms with Gasteiger partial charge in [-0.15, -0.1) is 6.42 Å². The molecule has 0 saturated carbocycles. The van der Waals surface area contributed by atoms with Crippen LogP contribution in [0.3, 0.4) is 0 Å². The molecule has 4 atom stereocenters. The smallest absolute Gasteiger partial charge is 0.226 e. The Kier molecular flexibility index (Phi) is 11.9. The third kappa shape index (κ3) is 8.04. The van der Waals surface area contributed by atoms with Crippen LogP contribution < -0.4 is 10.2 Å². The minimum absolute atomic E-state index is 0.0666. The van der Waals surface area contributed by atoms with Crippen molar-refractivity contribution < 1.29 is 43.8 Å². The largest absolute Gasteiger partial charge is 0.394 e. The molecule has 4 rings (SSSR count).